The van der Waals surface area contributed by atoms with Gasteiger partial charge in [-0.2, -0.15) is 0 Å². The molecule has 0 saturated heterocycles. The number of nitrogens with zero attached hydrogens (tertiary/aromatic N) is 2. The second-order valence-electron chi connectivity index (χ2n) is 7.07. The SMILES string of the molecule is CNc1ccc(Nc2ccc(N=C3C=CC(=Nc4ccc(C)cc4)C=C3)cc2)cc1. The maximum atomic E-state index is 4.69. The van der Waals surface area contributed by atoms with E-state index >= 15 is 0 Å². The highest BCUT2D eigenvalue weighted by molar-refractivity contribution is 6.19. The number of rotatable bonds is 5. The van der Waals surface area contributed by atoms with Crippen molar-refractivity contribution >= 4 is 39.9 Å². The van der Waals surface area contributed by atoms with Gasteiger partial charge in [-0.3, -0.25) is 0 Å². The highest BCUT2D eigenvalue weighted by Crippen LogP contribution is 2.22. The van der Waals surface area contributed by atoms with Crippen LogP contribution in [0.3, 0.4) is 0 Å². The van der Waals surface area contributed by atoms with E-state index in [1.54, 1.807) is 0 Å². The van der Waals surface area contributed by atoms with Crippen molar-refractivity contribution in [2.45, 2.75) is 6.92 Å². The molecular weight excluding hydrogens is 368 g/mol. The van der Waals surface area contributed by atoms with Gasteiger partial charge in [0, 0.05) is 24.1 Å². The second-order valence-corrected chi connectivity index (χ2v) is 7.07. The van der Waals surface area contributed by atoms with E-state index in [-0.39, 0.29) is 0 Å². The van der Waals surface area contributed by atoms with Gasteiger partial charge in [0.2, 0.25) is 0 Å². The Kier molecular flexibility index (Phi) is 5.85. The zero-order valence-electron chi connectivity index (χ0n) is 17.1. The van der Waals surface area contributed by atoms with Gasteiger partial charge < -0.3 is 10.6 Å². The first-order valence-corrected chi connectivity index (χ1v) is 9.93. The highest BCUT2D eigenvalue weighted by atomic mass is 14.9. The van der Waals surface area contributed by atoms with Gasteiger partial charge in [0.25, 0.3) is 0 Å². The molecule has 148 valence electrons. The quantitative estimate of drug-likeness (QED) is 0.472. The molecule has 0 fully saturated rings. The summed E-state index contributed by atoms with van der Waals surface area (Å²) in [6.45, 7) is 2.07. The summed E-state index contributed by atoms with van der Waals surface area (Å²) in [5.41, 5.74) is 8.08. The van der Waals surface area contributed by atoms with Crippen molar-refractivity contribution in [2.24, 2.45) is 9.98 Å². The fourth-order valence-corrected chi connectivity index (χ4v) is 3.03. The highest BCUT2D eigenvalue weighted by Gasteiger charge is 2.01. The van der Waals surface area contributed by atoms with Gasteiger partial charge in [-0.25, -0.2) is 9.98 Å². The predicted octanol–water partition coefficient (Wildman–Crippen LogP) is 6.75. The van der Waals surface area contributed by atoms with Crippen LogP contribution in [0.15, 0.2) is 107 Å². The Labute approximate surface area is 177 Å². The molecular formula is C26H24N4. The van der Waals surface area contributed by atoms with E-state index < -0.39 is 0 Å². The number of nitrogens with one attached hydrogen (secondary N) is 2. The summed E-state index contributed by atoms with van der Waals surface area (Å²) in [6.07, 6.45) is 7.96. The first-order chi connectivity index (χ1) is 14.7. The lowest BCUT2D eigenvalue weighted by Crippen LogP contribution is -1.99. The first-order valence-electron chi connectivity index (χ1n) is 9.93. The average molecular weight is 393 g/mol. The number of aliphatic imine (C=N–C) groups is 2. The molecule has 0 atom stereocenters. The maximum absolute atomic E-state index is 4.69. The van der Waals surface area contributed by atoms with Crippen LogP contribution in [0.1, 0.15) is 5.56 Å². The average Bonchev–Trinajstić information content (AvgIpc) is 2.78. The molecule has 4 rings (SSSR count). The molecule has 1 aliphatic carbocycles. The largest absolute Gasteiger partial charge is 0.388 e. The molecule has 0 spiro atoms. The molecule has 30 heavy (non-hydrogen) atoms. The van der Waals surface area contributed by atoms with Crippen LogP contribution >= 0.6 is 0 Å². The molecule has 0 bridgehead atoms. The summed E-state index contributed by atoms with van der Waals surface area (Å²) < 4.78 is 0. The standard InChI is InChI=1S/C26H24N4/c1-19-3-5-21(6-4-19)28-23-11-13-25(14-12-23)30-26-17-15-24(16-18-26)29-22-9-7-20(27-2)8-10-22/h3-18,27,29H,1-2H3. The summed E-state index contributed by atoms with van der Waals surface area (Å²) >= 11 is 0. The molecule has 0 amide bonds. The van der Waals surface area contributed by atoms with E-state index in [4.69, 9.17) is 4.99 Å². The Morgan fingerprint density at radius 2 is 0.933 bits per heavy atom. The minimum Gasteiger partial charge on any atom is -0.388 e. The van der Waals surface area contributed by atoms with Crippen molar-refractivity contribution in [3.05, 3.63) is 103 Å². The molecule has 3 aromatic carbocycles. The van der Waals surface area contributed by atoms with E-state index in [0.29, 0.717) is 0 Å². The van der Waals surface area contributed by atoms with Crippen LogP contribution in [0, 0.1) is 6.92 Å². The maximum Gasteiger partial charge on any atom is 0.0638 e. The van der Waals surface area contributed by atoms with Gasteiger partial charge in [-0.15, -0.1) is 0 Å². The molecule has 1 aliphatic rings. The number of benzene rings is 3. The van der Waals surface area contributed by atoms with E-state index in [2.05, 4.69) is 34.7 Å². The van der Waals surface area contributed by atoms with Crippen molar-refractivity contribution in [1.82, 2.24) is 0 Å². The second kappa shape index (κ2) is 9.05. The molecule has 0 radical (unpaired) electrons. The van der Waals surface area contributed by atoms with Crippen molar-refractivity contribution < 1.29 is 0 Å². The van der Waals surface area contributed by atoms with E-state index in [1.807, 2.05) is 92.0 Å². The summed E-state index contributed by atoms with van der Waals surface area (Å²) in [7, 11) is 1.91. The molecule has 3 aromatic rings. The lowest BCUT2D eigenvalue weighted by atomic mass is 10.1. The van der Waals surface area contributed by atoms with Crippen molar-refractivity contribution in [1.29, 1.82) is 0 Å². The topological polar surface area (TPSA) is 48.8 Å². The van der Waals surface area contributed by atoms with Gasteiger partial charge in [0.15, 0.2) is 0 Å². The van der Waals surface area contributed by atoms with Gasteiger partial charge in [-0.05, 0) is 91.9 Å². The van der Waals surface area contributed by atoms with Crippen LogP contribution in [0.5, 0.6) is 0 Å². The van der Waals surface area contributed by atoms with Crippen molar-refractivity contribution in [3.63, 3.8) is 0 Å². The van der Waals surface area contributed by atoms with Crippen LogP contribution < -0.4 is 10.6 Å². The Balaban J connectivity index is 1.40. The summed E-state index contributed by atoms with van der Waals surface area (Å²) in [5, 5.41) is 6.52. The van der Waals surface area contributed by atoms with Crippen LogP contribution in [0.25, 0.3) is 0 Å². The molecule has 4 nitrogen and oxygen atoms in total. The van der Waals surface area contributed by atoms with Gasteiger partial charge in [0.1, 0.15) is 0 Å². The number of anilines is 3. The molecule has 2 N–H and O–H groups in total. The number of hydrogen-bond acceptors (Lipinski definition) is 4. The molecule has 0 aliphatic heterocycles. The Hall–Kier alpha value is -3.92. The zero-order valence-corrected chi connectivity index (χ0v) is 17.1. The van der Waals surface area contributed by atoms with Crippen LogP contribution in [-0.2, 0) is 0 Å². The molecule has 0 saturated carbocycles. The van der Waals surface area contributed by atoms with Crippen LogP contribution in [0.2, 0.25) is 0 Å². The minimum absolute atomic E-state index is 0.904. The predicted molar refractivity (Wildman–Crippen MR) is 129 cm³/mol. The lowest BCUT2D eigenvalue weighted by molar-refractivity contribution is 1.43. The number of allylic oxidation sites excluding steroid dienone is 4. The van der Waals surface area contributed by atoms with E-state index in [0.717, 1.165) is 39.9 Å². The Morgan fingerprint density at radius 3 is 1.40 bits per heavy atom. The third kappa shape index (κ3) is 5.11. The van der Waals surface area contributed by atoms with Gasteiger partial charge in [0.05, 0.1) is 22.8 Å². The zero-order chi connectivity index (χ0) is 20.8. The lowest BCUT2D eigenvalue weighted by Gasteiger charge is -2.08. The van der Waals surface area contributed by atoms with Crippen LogP contribution in [-0.4, -0.2) is 18.5 Å². The fraction of sp³-hybridized carbons (Fsp3) is 0.0769. The molecule has 0 unspecified atom stereocenters. The normalized spacial score (nSPS) is 12.6. The molecule has 0 heterocycles. The number of hydrogen-bond donors (Lipinski definition) is 2. The Bertz CT molecular complexity index is 1100. The van der Waals surface area contributed by atoms with Crippen LogP contribution in [0.4, 0.5) is 28.4 Å². The van der Waals surface area contributed by atoms with E-state index in [9.17, 15) is 0 Å². The monoisotopic (exact) mass is 392 g/mol. The van der Waals surface area contributed by atoms with Gasteiger partial charge in [-0.1, -0.05) is 17.7 Å². The summed E-state index contributed by atoms with van der Waals surface area (Å²) in [6, 6.07) is 24.5. The molecule has 4 heteroatoms. The van der Waals surface area contributed by atoms with E-state index in [1.165, 1.54) is 5.56 Å². The number of aryl methyl sites for hydroxylation is 1. The smallest absolute Gasteiger partial charge is 0.0638 e. The van der Waals surface area contributed by atoms with Crippen molar-refractivity contribution in [2.75, 3.05) is 17.7 Å². The summed E-state index contributed by atoms with van der Waals surface area (Å²) in [5.74, 6) is 0. The first kappa shape index (κ1) is 19.4. The summed E-state index contributed by atoms with van der Waals surface area (Å²) in [4.78, 5) is 9.33. The van der Waals surface area contributed by atoms with Crippen molar-refractivity contribution in [3.8, 4) is 0 Å². The Morgan fingerprint density at radius 1 is 0.533 bits per heavy atom. The fourth-order valence-electron chi connectivity index (χ4n) is 3.03. The molecule has 0 aromatic heterocycles. The van der Waals surface area contributed by atoms with Gasteiger partial charge >= 0.3 is 0 Å². The minimum atomic E-state index is 0.904. The third-order valence-corrected chi connectivity index (χ3v) is 4.73. The third-order valence-electron chi connectivity index (χ3n) is 4.73.